The first-order valence-corrected chi connectivity index (χ1v) is 3.53. The van der Waals surface area contributed by atoms with Gasteiger partial charge in [0, 0.05) is 0 Å². The maximum Gasteiger partial charge on any atom is 0.434 e. The summed E-state index contributed by atoms with van der Waals surface area (Å²) in [6, 6.07) is 0. The van der Waals surface area contributed by atoms with E-state index in [2.05, 4.69) is 15.1 Å². The Hall–Kier alpha value is -1.66. The zero-order valence-corrected chi connectivity index (χ0v) is 7.08. The average Bonchev–Trinajstić information content (AvgIpc) is 2.15. The maximum absolute atomic E-state index is 12.0. The SMILES string of the molecule is CC(=NO)c1cnc(C(F)(F)F)cn1. The molecule has 0 saturated carbocycles. The van der Waals surface area contributed by atoms with E-state index in [0.29, 0.717) is 6.20 Å². The molecule has 14 heavy (non-hydrogen) atoms. The third-order valence-corrected chi connectivity index (χ3v) is 1.46. The normalized spacial score (nSPS) is 13.0. The Bertz CT molecular complexity index is 344. The van der Waals surface area contributed by atoms with Crippen molar-refractivity contribution < 1.29 is 18.4 Å². The van der Waals surface area contributed by atoms with Crippen LogP contribution < -0.4 is 0 Å². The van der Waals surface area contributed by atoms with Gasteiger partial charge in [0.15, 0.2) is 5.69 Å². The van der Waals surface area contributed by atoms with Crippen LogP contribution in [0.5, 0.6) is 0 Å². The van der Waals surface area contributed by atoms with E-state index in [0.717, 1.165) is 6.20 Å². The van der Waals surface area contributed by atoms with Gasteiger partial charge in [-0.2, -0.15) is 13.2 Å². The lowest BCUT2D eigenvalue weighted by molar-refractivity contribution is -0.141. The molecule has 0 fully saturated rings. The summed E-state index contributed by atoms with van der Waals surface area (Å²) >= 11 is 0. The lowest BCUT2D eigenvalue weighted by atomic mass is 10.3. The summed E-state index contributed by atoms with van der Waals surface area (Å²) in [6.07, 6.45) is -3.02. The fourth-order valence-electron chi connectivity index (χ4n) is 0.712. The molecule has 0 aliphatic carbocycles. The van der Waals surface area contributed by atoms with E-state index < -0.39 is 11.9 Å². The van der Waals surface area contributed by atoms with Crippen molar-refractivity contribution in [1.82, 2.24) is 9.97 Å². The Morgan fingerprint density at radius 2 is 2.00 bits per heavy atom. The van der Waals surface area contributed by atoms with E-state index in [1.54, 1.807) is 0 Å². The van der Waals surface area contributed by atoms with E-state index in [1.807, 2.05) is 0 Å². The van der Waals surface area contributed by atoms with E-state index >= 15 is 0 Å². The molecule has 76 valence electrons. The molecule has 1 rings (SSSR count). The molecule has 4 nitrogen and oxygen atoms in total. The van der Waals surface area contributed by atoms with Gasteiger partial charge in [-0.05, 0) is 6.92 Å². The van der Waals surface area contributed by atoms with Gasteiger partial charge >= 0.3 is 6.18 Å². The van der Waals surface area contributed by atoms with Crippen molar-refractivity contribution in [3.05, 3.63) is 23.8 Å². The molecule has 7 heteroatoms. The Morgan fingerprint density at radius 1 is 1.36 bits per heavy atom. The predicted octanol–water partition coefficient (Wildman–Crippen LogP) is 1.69. The Balaban J connectivity index is 3.01. The smallest absolute Gasteiger partial charge is 0.411 e. The van der Waals surface area contributed by atoms with E-state index in [4.69, 9.17) is 5.21 Å². The summed E-state index contributed by atoms with van der Waals surface area (Å²) in [4.78, 5) is 6.58. The second kappa shape index (κ2) is 3.60. The van der Waals surface area contributed by atoms with Crippen molar-refractivity contribution in [3.8, 4) is 0 Å². The fourth-order valence-corrected chi connectivity index (χ4v) is 0.712. The molecule has 1 aromatic rings. The summed E-state index contributed by atoms with van der Waals surface area (Å²) < 4.78 is 36.1. The molecule has 0 radical (unpaired) electrons. The Kier molecular flexibility index (Phi) is 2.68. The highest BCUT2D eigenvalue weighted by Gasteiger charge is 2.32. The zero-order chi connectivity index (χ0) is 10.8. The second-order valence-electron chi connectivity index (χ2n) is 2.47. The molecular weight excluding hydrogens is 199 g/mol. The summed E-state index contributed by atoms with van der Waals surface area (Å²) in [5, 5.41) is 11.1. The molecule has 0 aliphatic rings. The first-order chi connectivity index (χ1) is 6.45. The number of oxime groups is 1. The van der Waals surface area contributed by atoms with Gasteiger partial charge in [-0.15, -0.1) is 0 Å². The molecule has 0 bridgehead atoms. The van der Waals surface area contributed by atoms with Crippen LogP contribution in [0.15, 0.2) is 17.5 Å². The van der Waals surface area contributed by atoms with Crippen molar-refractivity contribution in [1.29, 1.82) is 0 Å². The van der Waals surface area contributed by atoms with Crippen molar-refractivity contribution in [2.75, 3.05) is 0 Å². The topological polar surface area (TPSA) is 58.4 Å². The number of hydrogen-bond donors (Lipinski definition) is 1. The van der Waals surface area contributed by atoms with Crippen molar-refractivity contribution >= 4 is 5.71 Å². The molecule has 0 spiro atoms. The maximum atomic E-state index is 12.0. The highest BCUT2D eigenvalue weighted by Crippen LogP contribution is 2.26. The van der Waals surface area contributed by atoms with Gasteiger partial charge in [0.1, 0.15) is 11.4 Å². The first kappa shape index (κ1) is 10.4. The molecule has 0 amide bonds. The molecule has 0 aromatic carbocycles. The average molecular weight is 205 g/mol. The van der Waals surface area contributed by atoms with Crippen LogP contribution in [0.1, 0.15) is 18.3 Å². The number of nitrogens with zero attached hydrogens (tertiary/aromatic N) is 3. The number of halogens is 3. The van der Waals surface area contributed by atoms with Crippen molar-refractivity contribution in [2.24, 2.45) is 5.16 Å². The highest BCUT2D eigenvalue weighted by molar-refractivity contribution is 5.96. The molecular formula is C7H6F3N3O. The van der Waals surface area contributed by atoms with Gasteiger partial charge in [-0.1, -0.05) is 5.16 Å². The Labute approximate surface area is 77.1 Å². The number of alkyl halides is 3. The molecule has 1 aromatic heterocycles. The minimum atomic E-state index is -4.50. The number of hydrogen-bond acceptors (Lipinski definition) is 4. The summed E-state index contributed by atoms with van der Waals surface area (Å²) in [5.74, 6) is 0. The van der Waals surface area contributed by atoms with Crippen molar-refractivity contribution in [2.45, 2.75) is 13.1 Å². The van der Waals surface area contributed by atoms with Crippen LogP contribution in [0.2, 0.25) is 0 Å². The van der Waals surface area contributed by atoms with E-state index in [9.17, 15) is 13.2 Å². The van der Waals surface area contributed by atoms with Gasteiger partial charge in [0.25, 0.3) is 0 Å². The third kappa shape index (κ3) is 2.18. The molecule has 0 unspecified atom stereocenters. The van der Waals surface area contributed by atoms with Crippen LogP contribution in [-0.2, 0) is 6.18 Å². The van der Waals surface area contributed by atoms with Gasteiger partial charge in [0.05, 0.1) is 12.4 Å². The zero-order valence-electron chi connectivity index (χ0n) is 7.08. The Morgan fingerprint density at radius 3 is 2.36 bits per heavy atom. The number of aromatic nitrogens is 2. The quantitative estimate of drug-likeness (QED) is 0.431. The minimum absolute atomic E-state index is 0.0977. The largest absolute Gasteiger partial charge is 0.434 e. The summed E-state index contributed by atoms with van der Waals surface area (Å²) in [5.41, 5.74) is -0.876. The minimum Gasteiger partial charge on any atom is -0.411 e. The summed E-state index contributed by atoms with van der Waals surface area (Å²) in [7, 11) is 0. The highest BCUT2D eigenvalue weighted by atomic mass is 19.4. The van der Waals surface area contributed by atoms with Gasteiger partial charge in [-0.25, -0.2) is 4.98 Å². The molecule has 0 aliphatic heterocycles. The lowest BCUT2D eigenvalue weighted by Crippen LogP contribution is -2.10. The lowest BCUT2D eigenvalue weighted by Gasteiger charge is -2.04. The van der Waals surface area contributed by atoms with Gasteiger partial charge in [0.2, 0.25) is 0 Å². The molecule has 1 heterocycles. The predicted molar refractivity (Wildman–Crippen MR) is 41.0 cm³/mol. The fraction of sp³-hybridized carbons (Fsp3) is 0.286. The van der Waals surface area contributed by atoms with Crippen molar-refractivity contribution in [3.63, 3.8) is 0 Å². The second-order valence-corrected chi connectivity index (χ2v) is 2.47. The van der Waals surface area contributed by atoms with E-state index in [1.165, 1.54) is 6.92 Å². The van der Waals surface area contributed by atoms with Crippen LogP contribution >= 0.6 is 0 Å². The first-order valence-electron chi connectivity index (χ1n) is 3.53. The van der Waals surface area contributed by atoms with Crippen LogP contribution in [0.3, 0.4) is 0 Å². The van der Waals surface area contributed by atoms with Crippen LogP contribution in [0, 0.1) is 0 Å². The molecule has 1 N–H and O–H groups in total. The van der Waals surface area contributed by atoms with E-state index in [-0.39, 0.29) is 11.4 Å². The third-order valence-electron chi connectivity index (χ3n) is 1.46. The molecule has 0 saturated heterocycles. The van der Waals surface area contributed by atoms with Crippen LogP contribution in [-0.4, -0.2) is 20.9 Å². The van der Waals surface area contributed by atoms with Gasteiger partial charge in [-0.3, -0.25) is 4.98 Å². The molecule has 0 atom stereocenters. The number of rotatable bonds is 1. The van der Waals surface area contributed by atoms with Crippen LogP contribution in [0.25, 0.3) is 0 Å². The van der Waals surface area contributed by atoms with Gasteiger partial charge < -0.3 is 5.21 Å². The standard InChI is InChI=1S/C7H6F3N3O/c1-4(13-14)5-2-12-6(3-11-5)7(8,9)10/h2-3,14H,1H3. The monoisotopic (exact) mass is 205 g/mol. The summed E-state index contributed by atoms with van der Waals surface area (Å²) in [6.45, 7) is 1.40. The van der Waals surface area contributed by atoms with Crippen LogP contribution in [0.4, 0.5) is 13.2 Å².